The Morgan fingerprint density at radius 1 is 1.17 bits per heavy atom. The molecular weight excluding hydrogens is 457 g/mol. The lowest BCUT2D eigenvalue weighted by Gasteiger charge is -2.23. The summed E-state index contributed by atoms with van der Waals surface area (Å²) in [7, 11) is -1.10. The number of nitrogens with zero attached hydrogens (tertiary/aromatic N) is 3. The van der Waals surface area contributed by atoms with Crippen LogP contribution in [-0.4, -0.2) is 35.5 Å². The predicted molar refractivity (Wildman–Crippen MR) is 141 cm³/mol. The summed E-state index contributed by atoms with van der Waals surface area (Å²) in [6.07, 6.45) is 8.74. The first-order valence-corrected chi connectivity index (χ1v) is 16.1. The van der Waals surface area contributed by atoms with Crippen molar-refractivity contribution in [2.45, 2.75) is 71.3 Å². The molecule has 7 heteroatoms. The van der Waals surface area contributed by atoms with Crippen molar-refractivity contribution >= 4 is 13.6 Å². The fourth-order valence-electron chi connectivity index (χ4n) is 4.27. The zero-order valence-corrected chi connectivity index (χ0v) is 22.3. The van der Waals surface area contributed by atoms with E-state index in [1.807, 2.05) is 23.0 Å². The molecule has 35 heavy (non-hydrogen) atoms. The Balaban J connectivity index is 1.36. The monoisotopic (exact) mass is 493 g/mol. The maximum atomic E-state index is 13.6. The van der Waals surface area contributed by atoms with Gasteiger partial charge < -0.3 is 9.47 Å². The highest BCUT2D eigenvalue weighted by Gasteiger charge is 2.19. The molecule has 0 aliphatic heterocycles. The molecule has 2 heterocycles. The van der Waals surface area contributed by atoms with E-state index in [0.29, 0.717) is 13.3 Å². The standard InChI is InChI=1S/C28H36FN3O2Si/c1-21-18-32(20-33-15-16-35(2,3)4)31-28(21)26-9-6-14-30-27(26)19-34-25-12-10-22(11-13-25)23-7-5-8-24(29)17-23/h5-10,14,17-18,25H,11-13,15-16,19-20H2,1-4H3. The summed E-state index contributed by atoms with van der Waals surface area (Å²) in [6.45, 7) is 10.8. The fourth-order valence-corrected chi connectivity index (χ4v) is 5.02. The van der Waals surface area contributed by atoms with E-state index in [4.69, 9.17) is 14.6 Å². The highest BCUT2D eigenvalue weighted by molar-refractivity contribution is 6.76. The smallest absolute Gasteiger partial charge is 0.139 e. The van der Waals surface area contributed by atoms with E-state index in [9.17, 15) is 4.39 Å². The summed E-state index contributed by atoms with van der Waals surface area (Å²) in [5.41, 5.74) is 6.05. The van der Waals surface area contributed by atoms with Crippen LogP contribution < -0.4 is 0 Å². The van der Waals surface area contributed by atoms with Crippen molar-refractivity contribution in [1.82, 2.24) is 14.8 Å². The molecule has 0 bridgehead atoms. The van der Waals surface area contributed by atoms with Gasteiger partial charge in [0, 0.05) is 32.6 Å². The summed E-state index contributed by atoms with van der Waals surface area (Å²) >= 11 is 0. The number of halogens is 1. The summed E-state index contributed by atoms with van der Waals surface area (Å²) in [6, 6.07) is 12.0. The molecule has 1 aliphatic carbocycles. The number of hydrogen-bond donors (Lipinski definition) is 0. The minimum absolute atomic E-state index is 0.126. The van der Waals surface area contributed by atoms with Gasteiger partial charge in [-0.3, -0.25) is 4.98 Å². The molecule has 186 valence electrons. The number of hydrogen-bond acceptors (Lipinski definition) is 4. The Morgan fingerprint density at radius 3 is 2.77 bits per heavy atom. The zero-order chi connectivity index (χ0) is 24.8. The second-order valence-electron chi connectivity index (χ2n) is 10.5. The summed E-state index contributed by atoms with van der Waals surface area (Å²) in [5, 5.41) is 4.79. The highest BCUT2D eigenvalue weighted by Crippen LogP contribution is 2.30. The predicted octanol–water partition coefficient (Wildman–Crippen LogP) is 6.86. The molecule has 2 aromatic heterocycles. The average molecular weight is 494 g/mol. The maximum absolute atomic E-state index is 13.6. The van der Waals surface area contributed by atoms with Crippen LogP contribution >= 0.6 is 0 Å². The number of aryl methyl sites for hydroxylation is 1. The van der Waals surface area contributed by atoms with Crippen molar-refractivity contribution in [3.63, 3.8) is 0 Å². The molecule has 1 aromatic carbocycles. The SMILES string of the molecule is Cc1cn(COCC[Si](C)(C)C)nc1-c1cccnc1COC1CC=C(c2cccc(F)c2)CC1. The third-order valence-electron chi connectivity index (χ3n) is 6.32. The van der Waals surface area contributed by atoms with E-state index >= 15 is 0 Å². The van der Waals surface area contributed by atoms with E-state index in [1.54, 1.807) is 18.3 Å². The first-order valence-electron chi connectivity index (χ1n) is 12.4. The second-order valence-corrected chi connectivity index (χ2v) is 16.1. The van der Waals surface area contributed by atoms with Crippen LogP contribution in [0.5, 0.6) is 0 Å². The van der Waals surface area contributed by atoms with Gasteiger partial charge in [-0.2, -0.15) is 5.10 Å². The number of rotatable bonds is 10. The van der Waals surface area contributed by atoms with Gasteiger partial charge in [-0.25, -0.2) is 9.07 Å². The van der Waals surface area contributed by atoms with E-state index < -0.39 is 8.07 Å². The third kappa shape index (κ3) is 7.19. The molecule has 0 amide bonds. The first-order chi connectivity index (χ1) is 16.8. The van der Waals surface area contributed by atoms with Crippen LogP contribution in [0.25, 0.3) is 16.8 Å². The second kappa shape index (κ2) is 11.4. The van der Waals surface area contributed by atoms with Crippen LogP contribution in [0.15, 0.2) is 54.9 Å². The normalized spacial score (nSPS) is 16.4. The van der Waals surface area contributed by atoms with Crippen molar-refractivity contribution in [3.8, 4) is 11.3 Å². The lowest BCUT2D eigenvalue weighted by Crippen LogP contribution is -2.22. The van der Waals surface area contributed by atoms with Crippen LogP contribution in [0.4, 0.5) is 4.39 Å². The lowest BCUT2D eigenvalue weighted by atomic mass is 9.92. The fraction of sp³-hybridized carbons (Fsp3) is 0.429. The number of pyridine rings is 1. The van der Waals surface area contributed by atoms with Gasteiger partial charge in [0.1, 0.15) is 12.5 Å². The van der Waals surface area contributed by atoms with Gasteiger partial charge in [-0.05, 0) is 73.2 Å². The van der Waals surface area contributed by atoms with Crippen LogP contribution in [0.3, 0.4) is 0 Å². The summed E-state index contributed by atoms with van der Waals surface area (Å²) in [4.78, 5) is 4.61. The zero-order valence-electron chi connectivity index (χ0n) is 21.3. The molecule has 0 spiro atoms. The van der Waals surface area contributed by atoms with Crippen LogP contribution in [0.2, 0.25) is 25.7 Å². The first kappa shape index (κ1) is 25.5. The van der Waals surface area contributed by atoms with Crippen molar-refractivity contribution in [2.24, 2.45) is 0 Å². The molecule has 1 unspecified atom stereocenters. The van der Waals surface area contributed by atoms with Crippen LogP contribution in [0, 0.1) is 12.7 Å². The molecule has 0 saturated heterocycles. The van der Waals surface area contributed by atoms with E-state index in [-0.39, 0.29) is 11.9 Å². The van der Waals surface area contributed by atoms with Gasteiger partial charge in [0.2, 0.25) is 0 Å². The molecule has 4 rings (SSSR count). The Kier molecular flexibility index (Phi) is 8.31. The van der Waals surface area contributed by atoms with Gasteiger partial charge in [0.15, 0.2) is 0 Å². The van der Waals surface area contributed by atoms with E-state index in [1.165, 1.54) is 11.6 Å². The van der Waals surface area contributed by atoms with E-state index in [0.717, 1.165) is 60.0 Å². The maximum Gasteiger partial charge on any atom is 0.139 e. The molecule has 0 radical (unpaired) electrons. The number of ether oxygens (including phenoxy) is 2. The molecule has 0 saturated carbocycles. The molecule has 0 N–H and O–H groups in total. The molecule has 5 nitrogen and oxygen atoms in total. The van der Waals surface area contributed by atoms with Gasteiger partial charge in [0.25, 0.3) is 0 Å². The Hall–Kier alpha value is -2.61. The molecular formula is C28H36FN3O2Si. The quantitative estimate of drug-likeness (QED) is 0.229. The lowest BCUT2D eigenvalue weighted by molar-refractivity contribution is 0.0344. The van der Waals surface area contributed by atoms with Gasteiger partial charge in [0.05, 0.1) is 24.1 Å². The number of aromatic nitrogens is 3. The van der Waals surface area contributed by atoms with Crippen molar-refractivity contribution in [3.05, 3.63) is 77.5 Å². The van der Waals surface area contributed by atoms with Crippen molar-refractivity contribution in [1.29, 1.82) is 0 Å². The van der Waals surface area contributed by atoms with Crippen molar-refractivity contribution < 1.29 is 13.9 Å². The topological polar surface area (TPSA) is 49.2 Å². The van der Waals surface area contributed by atoms with Gasteiger partial charge in [-0.15, -0.1) is 0 Å². The van der Waals surface area contributed by atoms with E-state index in [2.05, 4.69) is 43.7 Å². The largest absolute Gasteiger partial charge is 0.372 e. The molecule has 3 aromatic rings. The van der Waals surface area contributed by atoms with Crippen LogP contribution in [-0.2, 0) is 22.8 Å². The number of benzene rings is 1. The Morgan fingerprint density at radius 2 is 2.03 bits per heavy atom. The van der Waals surface area contributed by atoms with Crippen molar-refractivity contribution in [2.75, 3.05) is 6.61 Å². The number of allylic oxidation sites excluding steroid dienone is 1. The highest BCUT2D eigenvalue weighted by atomic mass is 28.3. The average Bonchev–Trinajstić information content (AvgIpc) is 3.20. The Bertz CT molecular complexity index is 1170. The summed E-state index contributed by atoms with van der Waals surface area (Å²) in [5.74, 6) is -0.194. The minimum atomic E-state index is -1.10. The molecule has 1 aliphatic rings. The Labute approximate surface area is 209 Å². The van der Waals surface area contributed by atoms with Gasteiger partial charge in [-0.1, -0.05) is 37.8 Å². The van der Waals surface area contributed by atoms with Gasteiger partial charge >= 0.3 is 0 Å². The minimum Gasteiger partial charge on any atom is -0.372 e. The van der Waals surface area contributed by atoms with Crippen LogP contribution in [0.1, 0.15) is 36.1 Å². The third-order valence-corrected chi connectivity index (χ3v) is 8.03. The molecule has 0 fully saturated rings. The molecule has 1 atom stereocenters. The summed E-state index contributed by atoms with van der Waals surface area (Å²) < 4.78 is 27.6.